The third-order valence-corrected chi connectivity index (χ3v) is 2.42. The molecule has 0 spiro atoms. The van der Waals surface area contributed by atoms with Crippen LogP contribution in [0.5, 0.6) is 0 Å². The summed E-state index contributed by atoms with van der Waals surface area (Å²) in [7, 11) is 1.22. The topological polar surface area (TPSA) is 81.2 Å². The van der Waals surface area contributed by atoms with Gasteiger partial charge in [-0.15, -0.1) is 10.2 Å². The minimum atomic E-state index is -0.683. The molecule has 0 aliphatic carbocycles. The molecule has 1 aromatic carbocycles. The van der Waals surface area contributed by atoms with Gasteiger partial charge >= 0.3 is 6.09 Å². The van der Waals surface area contributed by atoms with Crippen molar-refractivity contribution in [1.29, 1.82) is 0 Å². The molecule has 2 aromatic rings. The molecule has 1 N–H and O–H groups in total. The Hall–Kier alpha value is -2.83. The Morgan fingerprint density at radius 2 is 1.80 bits per heavy atom. The van der Waals surface area contributed by atoms with E-state index < -0.39 is 11.9 Å². The highest BCUT2D eigenvalue weighted by Crippen LogP contribution is 2.10. The highest BCUT2D eigenvalue weighted by Gasteiger charge is 2.12. The number of halogens is 1. The van der Waals surface area contributed by atoms with Gasteiger partial charge in [-0.25, -0.2) is 9.18 Å². The molecular weight excluding hydrogens is 265 g/mol. The minimum Gasteiger partial charge on any atom is -0.453 e. The summed E-state index contributed by atoms with van der Waals surface area (Å²) in [6.45, 7) is 0. The first-order chi connectivity index (χ1) is 9.60. The second-order valence-electron chi connectivity index (χ2n) is 3.76. The summed E-state index contributed by atoms with van der Waals surface area (Å²) in [5.41, 5.74) is 0.390. The molecular formula is C13H10FN3O3. The number of benzene rings is 1. The Labute approximate surface area is 113 Å². The van der Waals surface area contributed by atoms with Crippen LogP contribution in [0.25, 0.3) is 0 Å². The van der Waals surface area contributed by atoms with Gasteiger partial charge in [0, 0.05) is 5.56 Å². The average molecular weight is 275 g/mol. The molecule has 0 radical (unpaired) electrons. The normalized spacial score (nSPS) is 9.90. The van der Waals surface area contributed by atoms with Gasteiger partial charge in [0.2, 0.25) is 5.78 Å². The van der Waals surface area contributed by atoms with Crippen molar-refractivity contribution in [2.75, 3.05) is 12.4 Å². The van der Waals surface area contributed by atoms with Crippen molar-refractivity contribution in [3.63, 3.8) is 0 Å². The van der Waals surface area contributed by atoms with Gasteiger partial charge in [-0.05, 0) is 36.4 Å². The van der Waals surface area contributed by atoms with E-state index in [-0.39, 0.29) is 17.3 Å². The van der Waals surface area contributed by atoms with Crippen molar-refractivity contribution < 1.29 is 18.7 Å². The van der Waals surface area contributed by atoms with Crippen molar-refractivity contribution in [2.24, 2.45) is 0 Å². The summed E-state index contributed by atoms with van der Waals surface area (Å²) in [4.78, 5) is 23.0. The number of ketones is 1. The highest BCUT2D eigenvalue weighted by atomic mass is 19.1. The maximum absolute atomic E-state index is 12.8. The van der Waals surface area contributed by atoms with Crippen molar-refractivity contribution in [2.45, 2.75) is 0 Å². The molecule has 20 heavy (non-hydrogen) atoms. The molecule has 0 aliphatic rings. The third-order valence-electron chi connectivity index (χ3n) is 2.42. The Morgan fingerprint density at radius 3 is 2.35 bits per heavy atom. The number of amides is 1. The van der Waals surface area contributed by atoms with Gasteiger partial charge < -0.3 is 4.74 Å². The molecule has 0 saturated heterocycles. The smallest absolute Gasteiger partial charge is 0.412 e. The van der Waals surface area contributed by atoms with Gasteiger partial charge in [0.1, 0.15) is 11.5 Å². The van der Waals surface area contributed by atoms with Gasteiger partial charge in [-0.2, -0.15) is 0 Å². The van der Waals surface area contributed by atoms with Crippen LogP contribution in [-0.4, -0.2) is 29.2 Å². The van der Waals surface area contributed by atoms with Crippen molar-refractivity contribution in [3.05, 3.63) is 53.5 Å². The minimum absolute atomic E-state index is 0.0898. The first kappa shape index (κ1) is 13.6. The van der Waals surface area contributed by atoms with Crippen molar-refractivity contribution >= 4 is 17.7 Å². The van der Waals surface area contributed by atoms with E-state index in [1.54, 1.807) is 0 Å². The molecule has 0 saturated carbocycles. The van der Waals surface area contributed by atoms with E-state index in [2.05, 4.69) is 20.3 Å². The predicted molar refractivity (Wildman–Crippen MR) is 67.9 cm³/mol. The molecule has 1 aromatic heterocycles. The van der Waals surface area contributed by atoms with Crippen LogP contribution in [0.1, 0.15) is 16.1 Å². The van der Waals surface area contributed by atoms with Crippen LogP contribution in [0.2, 0.25) is 0 Å². The molecule has 0 atom stereocenters. The molecule has 0 unspecified atom stereocenters. The zero-order valence-corrected chi connectivity index (χ0v) is 10.5. The third kappa shape index (κ3) is 3.14. The molecule has 0 fully saturated rings. The lowest BCUT2D eigenvalue weighted by atomic mass is 10.1. The van der Waals surface area contributed by atoms with Gasteiger partial charge in [-0.1, -0.05) is 0 Å². The highest BCUT2D eigenvalue weighted by molar-refractivity contribution is 6.07. The Balaban J connectivity index is 2.15. The Bertz CT molecular complexity index is 626. The summed E-state index contributed by atoms with van der Waals surface area (Å²) in [6.07, 6.45) is -0.683. The van der Waals surface area contributed by atoms with E-state index in [4.69, 9.17) is 0 Å². The molecule has 0 bridgehead atoms. The maximum atomic E-state index is 12.8. The quantitative estimate of drug-likeness (QED) is 0.867. The van der Waals surface area contributed by atoms with Gasteiger partial charge in [0.15, 0.2) is 5.82 Å². The number of carbonyl (C=O) groups is 2. The molecule has 0 aliphatic heterocycles. The number of hydrogen-bond donors (Lipinski definition) is 1. The average Bonchev–Trinajstić information content (AvgIpc) is 2.48. The van der Waals surface area contributed by atoms with E-state index in [0.29, 0.717) is 5.56 Å². The molecule has 2 rings (SSSR count). The van der Waals surface area contributed by atoms with Crippen LogP contribution in [0.4, 0.5) is 15.0 Å². The second kappa shape index (κ2) is 5.87. The van der Waals surface area contributed by atoms with E-state index >= 15 is 0 Å². The summed E-state index contributed by atoms with van der Waals surface area (Å²) >= 11 is 0. The van der Waals surface area contributed by atoms with Crippen molar-refractivity contribution in [3.8, 4) is 0 Å². The predicted octanol–water partition coefficient (Wildman–Crippen LogP) is 2.02. The van der Waals surface area contributed by atoms with E-state index in [0.717, 1.165) is 0 Å². The van der Waals surface area contributed by atoms with Gasteiger partial charge in [-0.3, -0.25) is 10.1 Å². The molecule has 6 nitrogen and oxygen atoms in total. The van der Waals surface area contributed by atoms with Gasteiger partial charge in [0.25, 0.3) is 0 Å². The van der Waals surface area contributed by atoms with Gasteiger partial charge in [0.05, 0.1) is 7.11 Å². The molecule has 7 heteroatoms. The lowest BCUT2D eigenvalue weighted by molar-refractivity contribution is 0.103. The maximum Gasteiger partial charge on any atom is 0.412 e. The van der Waals surface area contributed by atoms with E-state index in [1.807, 2.05) is 0 Å². The van der Waals surface area contributed by atoms with Crippen LogP contribution in [0.15, 0.2) is 36.4 Å². The lowest BCUT2D eigenvalue weighted by Gasteiger charge is -2.03. The largest absolute Gasteiger partial charge is 0.453 e. The number of nitrogens with zero attached hydrogens (tertiary/aromatic N) is 2. The molecule has 1 heterocycles. The number of hydrogen-bond acceptors (Lipinski definition) is 5. The summed E-state index contributed by atoms with van der Waals surface area (Å²) in [5, 5.41) is 9.68. The number of methoxy groups -OCH3 is 1. The van der Waals surface area contributed by atoms with Crippen LogP contribution < -0.4 is 5.32 Å². The zero-order chi connectivity index (χ0) is 14.5. The first-order valence-corrected chi connectivity index (χ1v) is 5.59. The van der Waals surface area contributed by atoms with Crippen molar-refractivity contribution in [1.82, 2.24) is 10.2 Å². The molecule has 102 valence electrons. The fraction of sp³-hybridized carbons (Fsp3) is 0.0769. The SMILES string of the molecule is COC(=O)Nc1ccc(C(=O)c2ccc(F)cc2)nn1. The fourth-order valence-corrected chi connectivity index (χ4v) is 1.42. The van der Waals surface area contributed by atoms with Crippen LogP contribution in [0.3, 0.4) is 0 Å². The van der Waals surface area contributed by atoms with Crippen LogP contribution >= 0.6 is 0 Å². The number of ether oxygens (including phenoxy) is 1. The van der Waals surface area contributed by atoms with Crippen LogP contribution in [0, 0.1) is 5.82 Å². The Morgan fingerprint density at radius 1 is 1.10 bits per heavy atom. The Kier molecular flexibility index (Phi) is 3.99. The number of nitrogens with one attached hydrogen (secondary N) is 1. The molecule has 1 amide bonds. The standard InChI is InChI=1S/C13H10FN3O3/c1-20-13(19)15-11-7-6-10(16-17-11)12(18)8-2-4-9(14)5-3-8/h2-7H,1H3,(H,15,17,19). The van der Waals surface area contributed by atoms with E-state index in [9.17, 15) is 14.0 Å². The number of anilines is 1. The zero-order valence-electron chi connectivity index (χ0n) is 10.5. The van der Waals surface area contributed by atoms with Crippen LogP contribution in [-0.2, 0) is 4.74 Å². The monoisotopic (exact) mass is 275 g/mol. The fourth-order valence-electron chi connectivity index (χ4n) is 1.42. The van der Waals surface area contributed by atoms with E-state index in [1.165, 1.54) is 43.5 Å². The lowest BCUT2D eigenvalue weighted by Crippen LogP contribution is -2.13. The number of carbonyl (C=O) groups excluding carboxylic acids is 2. The summed E-state index contributed by atoms with van der Waals surface area (Å²) in [6, 6.07) is 7.92. The number of aromatic nitrogens is 2. The first-order valence-electron chi connectivity index (χ1n) is 5.59. The second-order valence-corrected chi connectivity index (χ2v) is 3.76. The number of rotatable bonds is 3. The summed E-state index contributed by atoms with van der Waals surface area (Å²) in [5.74, 6) is -0.653. The summed E-state index contributed by atoms with van der Waals surface area (Å²) < 4.78 is 17.2.